The summed E-state index contributed by atoms with van der Waals surface area (Å²) in [7, 11) is 0. The zero-order valence-corrected chi connectivity index (χ0v) is 35.4. The van der Waals surface area contributed by atoms with Crippen molar-refractivity contribution in [3.63, 3.8) is 0 Å². The second-order valence-corrected chi connectivity index (χ2v) is 16.2. The van der Waals surface area contributed by atoms with Crippen LogP contribution in [0.3, 0.4) is 0 Å². The van der Waals surface area contributed by atoms with Crippen LogP contribution < -0.4 is 0 Å². The van der Waals surface area contributed by atoms with Crippen LogP contribution in [0.2, 0.25) is 0 Å². The van der Waals surface area contributed by atoms with E-state index in [4.69, 9.17) is 37.9 Å². The first-order valence-corrected chi connectivity index (χ1v) is 19.5. The molecule has 56 heavy (non-hydrogen) atoms. The molecule has 4 saturated heterocycles. The van der Waals surface area contributed by atoms with Gasteiger partial charge in [0.2, 0.25) is 26.2 Å². The van der Waals surface area contributed by atoms with Gasteiger partial charge in [0.25, 0.3) is 0 Å². The summed E-state index contributed by atoms with van der Waals surface area (Å²) in [5, 5.41) is 41.6. The van der Waals surface area contributed by atoms with Gasteiger partial charge in [-0.1, -0.05) is 27.7 Å². The van der Waals surface area contributed by atoms with Crippen LogP contribution in [0, 0.1) is 64.1 Å². The van der Waals surface area contributed by atoms with Gasteiger partial charge in [-0.25, -0.2) is 0 Å². The fourth-order valence-corrected chi connectivity index (χ4v) is 6.60. The first-order chi connectivity index (χ1) is 25.8. The van der Waals surface area contributed by atoms with Gasteiger partial charge >= 0.3 is 0 Å². The molecule has 8 atom stereocenters. The highest BCUT2D eigenvalue weighted by Gasteiger charge is 2.41. The van der Waals surface area contributed by atoms with Crippen molar-refractivity contribution >= 4 is 0 Å². The van der Waals surface area contributed by atoms with E-state index < -0.39 is 23.1 Å². The Kier molecular flexibility index (Phi) is 21.1. The van der Waals surface area contributed by atoms with Crippen LogP contribution in [0.4, 0.5) is 0 Å². The van der Waals surface area contributed by atoms with Gasteiger partial charge in [0.05, 0.1) is 74.5 Å². The Morgan fingerprint density at radius 1 is 0.411 bits per heavy atom. The molecule has 0 aromatic rings. The summed E-state index contributed by atoms with van der Waals surface area (Å²) in [5.74, 6) is -2.55. The summed E-state index contributed by atoms with van der Waals surface area (Å²) in [6, 6.07) is 0. The molecule has 20 heteroatoms. The summed E-state index contributed by atoms with van der Waals surface area (Å²) >= 11 is 0. The van der Waals surface area contributed by atoms with Crippen molar-refractivity contribution in [2.45, 2.75) is 156 Å². The summed E-state index contributed by atoms with van der Waals surface area (Å²) in [5.41, 5.74) is 0. The lowest BCUT2D eigenvalue weighted by atomic mass is 10.0. The number of rotatable bonds is 16. The Hall–Kier alpha value is -2.72. The zero-order chi connectivity index (χ0) is 43.1. The van der Waals surface area contributed by atoms with Gasteiger partial charge in [0.1, 0.15) is 0 Å². The van der Waals surface area contributed by atoms with Crippen LogP contribution in [0.25, 0.3) is 0 Å². The van der Waals surface area contributed by atoms with E-state index in [1.807, 2.05) is 83.1 Å². The van der Waals surface area contributed by atoms with Crippen molar-refractivity contribution in [3.8, 4) is 0 Å². The van der Waals surface area contributed by atoms with Crippen LogP contribution in [0.5, 0.6) is 0 Å². The predicted octanol–water partition coefficient (Wildman–Crippen LogP) is 5.76. The average Bonchev–Trinajstić information content (AvgIpc) is 3.84. The molecule has 4 aliphatic rings. The van der Waals surface area contributed by atoms with Crippen molar-refractivity contribution in [2.24, 2.45) is 23.7 Å². The van der Waals surface area contributed by atoms with Crippen LogP contribution in [-0.4, -0.2) is 120 Å². The largest absolute Gasteiger partial charge is 0.348 e. The highest BCUT2D eigenvalue weighted by molar-refractivity contribution is 4.80. The van der Waals surface area contributed by atoms with E-state index in [0.717, 1.165) is 25.7 Å². The van der Waals surface area contributed by atoms with Crippen molar-refractivity contribution in [1.82, 2.24) is 0 Å². The third-order valence-corrected chi connectivity index (χ3v) is 9.86. The van der Waals surface area contributed by atoms with E-state index in [1.54, 1.807) is 0 Å². The Morgan fingerprint density at radius 2 is 0.571 bits per heavy atom. The lowest BCUT2D eigenvalue weighted by Crippen LogP contribution is -2.30. The number of hydrogen-bond donors (Lipinski definition) is 0. The molecular formula is C36H68N4O16. The SMILES string of the molecule is CC[C@@H](C[N+](=O)[O-])[C@@H]1COC(C)(C)O1.CC[C@@H](C[N+](=O)[O-])[C@H]1COC(C)(C)O1.CC[C@H](C[N+](=O)[O-])[C@@H]1COC(C)(C)O1.CC[C@H](C[N+](=O)[O-])[C@H]1COC(C)(C)O1. The van der Waals surface area contributed by atoms with E-state index >= 15 is 0 Å². The van der Waals surface area contributed by atoms with Crippen molar-refractivity contribution in [2.75, 3.05) is 52.6 Å². The Morgan fingerprint density at radius 3 is 0.661 bits per heavy atom. The molecule has 0 N–H and O–H groups in total. The van der Waals surface area contributed by atoms with E-state index in [2.05, 4.69) is 0 Å². The van der Waals surface area contributed by atoms with E-state index in [1.165, 1.54) is 0 Å². The van der Waals surface area contributed by atoms with Gasteiger partial charge in [-0.05, 0) is 81.1 Å². The third-order valence-electron chi connectivity index (χ3n) is 9.86. The van der Waals surface area contributed by atoms with Crippen LogP contribution >= 0.6 is 0 Å². The van der Waals surface area contributed by atoms with Gasteiger partial charge in [0, 0.05) is 19.7 Å². The molecule has 0 spiro atoms. The van der Waals surface area contributed by atoms with Gasteiger partial charge in [0.15, 0.2) is 23.1 Å². The first-order valence-electron chi connectivity index (χ1n) is 19.5. The minimum Gasteiger partial charge on any atom is -0.348 e. The molecule has 0 amide bonds. The van der Waals surface area contributed by atoms with Gasteiger partial charge in [-0.2, -0.15) is 0 Å². The van der Waals surface area contributed by atoms with Crippen LogP contribution in [0.1, 0.15) is 109 Å². The van der Waals surface area contributed by atoms with Gasteiger partial charge in [-0.15, -0.1) is 0 Å². The fraction of sp³-hybridized carbons (Fsp3) is 1.00. The highest BCUT2D eigenvalue weighted by atomic mass is 16.8. The predicted molar refractivity (Wildman–Crippen MR) is 202 cm³/mol. The molecule has 4 rings (SSSR count). The minimum absolute atomic E-state index is 0.0411. The summed E-state index contributed by atoms with van der Waals surface area (Å²) in [6.07, 6.45) is 2.41. The molecule has 4 fully saturated rings. The molecule has 0 unspecified atom stereocenters. The van der Waals surface area contributed by atoms with E-state index in [0.29, 0.717) is 26.4 Å². The highest BCUT2D eigenvalue weighted by Crippen LogP contribution is 2.31. The smallest absolute Gasteiger partial charge is 0.209 e. The number of hydrogen-bond acceptors (Lipinski definition) is 16. The summed E-state index contributed by atoms with van der Waals surface area (Å²) in [4.78, 5) is 40.4. The molecule has 0 bridgehead atoms. The standard InChI is InChI=1S/4C9H17NO4/c4*1-4-7(5-10(11)12)8-6-13-9(2,3)14-8/h4*7-8H,4-6H2,1-3H3/t2*7-,8+;2*7-,8-/m1010/s1. The maximum absolute atomic E-state index is 10.4. The van der Waals surface area contributed by atoms with Gasteiger partial charge in [-0.3, -0.25) is 40.5 Å². The molecule has 0 aromatic carbocycles. The van der Waals surface area contributed by atoms with Crippen molar-refractivity contribution in [1.29, 1.82) is 0 Å². The lowest BCUT2D eigenvalue weighted by Gasteiger charge is -2.20. The molecule has 0 radical (unpaired) electrons. The van der Waals surface area contributed by atoms with E-state index in [9.17, 15) is 40.5 Å². The summed E-state index contributed by atoms with van der Waals surface area (Å²) < 4.78 is 43.8. The Bertz CT molecular complexity index is 1050. The monoisotopic (exact) mass is 812 g/mol. The fourth-order valence-electron chi connectivity index (χ4n) is 6.60. The maximum Gasteiger partial charge on any atom is 0.209 e. The first kappa shape index (κ1) is 51.3. The molecule has 0 aromatic heterocycles. The number of nitrogens with zero attached hydrogens (tertiary/aromatic N) is 4. The molecule has 20 nitrogen and oxygen atoms in total. The van der Waals surface area contributed by atoms with Crippen LogP contribution in [0.15, 0.2) is 0 Å². The molecule has 0 saturated carbocycles. The quantitative estimate of drug-likeness (QED) is 0.133. The second kappa shape index (κ2) is 23.0. The average molecular weight is 813 g/mol. The molecule has 328 valence electrons. The Labute approximate surface area is 330 Å². The topological polar surface area (TPSA) is 246 Å². The van der Waals surface area contributed by atoms with Crippen molar-refractivity contribution in [3.05, 3.63) is 40.5 Å². The van der Waals surface area contributed by atoms with Crippen LogP contribution in [-0.2, 0) is 37.9 Å². The zero-order valence-electron chi connectivity index (χ0n) is 35.4. The molecule has 4 aliphatic heterocycles. The molecular weight excluding hydrogens is 744 g/mol. The molecule has 0 aliphatic carbocycles. The minimum atomic E-state index is -0.589. The second-order valence-electron chi connectivity index (χ2n) is 16.2. The normalized spacial score (nSPS) is 27.5. The Balaban J connectivity index is 0.000000373. The van der Waals surface area contributed by atoms with Gasteiger partial charge < -0.3 is 37.9 Å². The number of nitro groups is 4. The third kappa shape index (κ3) is 19.6. The van der Waals surface area contributed by atoms with Crippen molar-refractivity contribution < 1.29 is 57.6 Å². The lowest BCUT2D eigenvalue weighted by molar-refractivity contribution is -0.490. The maximum atomic E-state index is 10.4. The number of ether oxygens (including phenoxy) is 8. The van der Waals surface area contributed by atoms with E-state index in [-0.39, 0.29) is 94.0 Å². The molecule has 4 heterocycles. The summed E-state index contributed by atoms with van der Waals surface area (Å²) in [6.45, 7) is 24.0.